The van der Waals surface area contributed by atoms with E-state index in [2.05, 4.69) is 0 Å². The van der Waals surface area contributed by atoms with Gasteiger partial charge in [0, 0.05) is 5.02 Å². The summed E-state index contributed by atoms with van der Waals surface area (Å²) in [6, 6.07) is 1.49. The lowest BCUT2D eigenvalue weighted by Gasteiger charge is -2.07. The Bertz CT molecular complexity index is 628. The average molecular weight is 296 g/mol. The Morgan fingerprint density at radius 2 is 1.94 bits per heavy atom. The summed E-state index contributed by atoms with van der Waals surface area (Å²) in [5, 5.41) is 8.40. The molecule has 0 saturated carbocycles. The third kappa shape index (κ3) is 2.96. The van der Waals surface area contributed by atoms with Crippen LogP contribution in [0, 0.1) is 5.82 Å². The lowest BCUT2D eigenvalue weighted by Crippen LogP contribution is -2.24. The molecule has 0 aliphatic rings. The number of halogens is 2. The van der Waals surface area contributed by atoms with E-state index in [0.717, 1.165) is 12.1 Å². The minimum absolute atomic E-state index is 0.281. The summed E-state index contributed by atoms with van der Waals surface area (Å²) in [6.45, 7) is 0. The van der Waals surface area contributed by atoms with E-state index < -0.39 is 43.7 Å². The van der Waals surface area contributed by atoms with E-state index in [1.807, 2.05) is 0 Å². The van der Waals surface area contributed by atoms with Crippen molar-refractivity contribution in [2.24, 2.45) is 5.73 Å². The molecule has 0 aromatic heterocycles. The number of amides is 1. The first-order valence-electron chi connectivity index (χ1n) is 4.38. The Morgan fingerprint density at radius 1 is 1.39 bits per heavy atom. The average Bonchev–Trinajstić information content (AvgIpc) is 2.18. The van der Waals surface area contributed by atoms with Crippen molar-refractivity contribution >= 4 is 33.3 Å². The van der Waals surface area contributed by atoms with Crippen molar-refractivity contribution in [3.8, 4) is 0 Å². The number of nitrogens with two attached hydrogens (primary N) is 1. The number of carboxylic acid groups (broad SMARTS) is 1. The van der Waals surface area contributed by atoms with Crippen molar-refractivity contribution in [1.29, 1.82) is 0 Å². The lowest BCUT2D eigenvalue weighted by atomic mass is 10.2. The zero-order valence-electron chi connectivity index (χ0n) is 8.68. The Hall–Kier alpha value is -1.67. The van der Waals surface area contributed by atoms with Crippen molar-refractivity contribution in [2.45, 2.75) is 4.90 Å². The maximum Gasteiger partial charge on any atom is 0.338 e. The van der Waals surface area contributed by atoms with E-state index >= 15 is 0 Å². The largest absolute Gasteiger partial charge is 0.478 e. The lowest BCUT2D eigenvalue weighted by molar-refractivity contribution is -0.115. The summed E-state index contributed by atoms with van der Waals surface area (Å²) in [4.78, 5) is 20.3. The number of carbonyl (C=O) groups excluding carboxylic acids is 1. The van der Waals surface area contributed by atoms with Crippen LogP contribution in [0.1, 0.15) is 10.4 Å². The third-order valence-electron chi connectivity index (χ3n) is 1.90. The molecule has 1 amide bonds. The van der Waals surface area contributed by atoms with Gasteiger partial charge in [0.2, 0.25) is 5.91 Å². The molecule has 6 nitrogen and oxygen atoms in total. The molecule has 0 fully saturated rings. The standard InChI is InChI=1S/C9H7ClFNO5S/c10-4-1-5(9(14)15)8(11)6(2-4)18(16,17)3-7(12)13/h1-2H,3H2,(H2,12,13)(H,14,15). The molecule has 0 bridgehead atoms. The van der Waals surface area contributed by atoms with Crippen LogP contribution in [0.15, 0.2) is 17.0 Å². The van der Waals surface area contributed by atoms with Crippen LogP contribution in [-0.2, 0) is 14.6 Å². The molecule has 1 aromatic rings. The maximum absolute atomic E-state index is 13.7. The number of hydrogen-bond acceptors (Lipinski definition) is 4. The van der Waals surface area contributed by atoms with Crippen molar-refractivity contribution < 1.29 is 27.5 Å². The summed E-state index contributed by atoms with van der Waals surface area (Å²) < 4.78 is 36.9. The fourth-order valence-corrected chi connectivity index (χ4v) is 2.71. The van der Waals surface area contributed by atoms with Gasteiger partial charge in [0.25, 0.3) is 0 Å². The minimum Gasteiger partial charge on any atom is -0.478 e. The zero-order valence-corrected chi connectivity index (χ0v) is 10.3. The van der Waals surface area contributed by atoms with Crippen LogP contribution < -0.4 is 5.73 Å². The van der Waals surface area contributed by atoms with Crippen molar-refractivity contribution in [1.82, 2.24) is 0 Å². The number of sulfone groups is 1. The van der Waals surface area contributed by atoms with E-state index in [9.17, 15) is 22.4 Å². The molecule has 0 aliphatic carbocycles. The molecule has 18 heavy (non-hydrogen) atoms. The summed E-state index contributed by atoms with van der Waals surface area (Å²) in [5.41, 5.74) is 3.81. The van der Waals surface area contributed by atoms with Gasteiger partial charge in [-0.1, -0.05) is 11.6 Å². The molecule has 0 atom stereocenters. The first kappa shape index (κ1) is 14.4. The van der Waals surface area contributed by atoms with Gasteiger partial charge in [-0.3, -0.25) is 4.79 Å². The molecule has 1 aromatic carbocycles. The Kier molecular flexibility index (Phi) is 3.92. The number of carbonyl (C=O) groups is 2. The third-order valence-corrected chi connectivity index (χ3v) is 3.75. The first-order chi connectivity index (χ1) is 8.15. The van der Waals surface area contributed by atoms with Crippen molar-refractivity contribution in [3.05, 3.63) is 28.5 Å². The summed E-state index contributed by atoms with van der Waals surface area (Å²) >= 11 is 5.50. The molecular weight excluding hydrogens is 289 g/mol. The van der Waals surface area contributed by atoms with Crippen LogP contribution in [-0.4, -0.2) is 31.2 Å². The SMILES string of the molecule is NC(=O)CS(=O)(=O)c1cc(Cl)cc(C(=O)O)c1F. The van der Waals surface area contributed by atoms with Gasteiger partial charge in [-0.05, 0) is 12.1 Å². The quantitative estimate of drug-likeness (QED) is 0.836. The Balaban J connectivity index is 3.51. The number of aromatic carboxylic acids is 1. The smallest absolute Gasteiger partial charge is 0.338 e. The first-order valence-corrected chi connectivity index (χ1v) is 6.41. The molecule has 0 radical (unpaired) electrons. The highest BCUT2D eigenvalue weighted by Crippen LogP contribution is 2.24. The molecule has 1 rings (SSSR count). The zero-order chi connectivity index (χ0) is 14.1. The number of carboxylic acids is 1. The van der Waals surface area contributed by atoms with Crippen LogP contribution in [0.3, 0.4) is 0 Å². The molecule has 0 saturated heterocycles. The van der Waals surface area contributed by atoms with Crippen molar-refractivity contribution in [2.75, 3.05) is 5.75 Å². The van der Waals surface area contributed by atoms with Gasteiger partial charge in [-0.2, -0.15) is 0 Å². The van der Waals surface area contributed by atoms with E-state index in [1.54, 1.807) is 0 Å². The number of benzene rings is 1. The van der Waals surface area contributed by atoms with Gasteiger partial charge in [-0.25, -0.2) is 17.6 Å². The highest BCUT2D eigenvalue weighted by Gasteiger charge is 2.26. The second-order valence-corrected chi connectivity index (χ2v) is 5.69. The van der Waals surface area contributed by atoms with E-state index in [4.69, 9.17) is 22.4 Å². The van der Waals surface area contributed by atoms with E-state index in [0.29, 0.717) is 0 Å². The molecule has 0 spiro atoms. The number of primary amides is 1. The second-order valence-electron chi connectivity index (χ2n) is 3.30. The van der Waals surface area contributed by atoms with E-state index in [-0.39, 0.29) is 5.02 Å². The number of rotatable bonds is 4. The van der Waals surface area contributed by atoms with Gasteiger partial charge in [0.15, 0.2) is 15.7 Å². The fraction of sp³-hybridized carbons (Fsp3) is 0.111. The predicted molar refractivity (Wildman–Crippen MR) is 59.6 cm³/mol. The van der Waals surface area contributed by atoms with Crippen LogP contribution in [0.5, 0.6) is 0 Å². The van der Waals surface area contributed by atoms with Gasteiger partial charge in [0.1, 0.15) is 10.6 Å². The molecule has 3 N–H and O–H groups in total. The van der Waals surface area contributed by atoms with Crippen LogP contribution >= 0.6 is 11.6 Å². The topological polar surface area (TPSA) is 115 Å². The fourth-order valence-electron chi connectivity index (χ4n) is 1.21. The van der Waals surface area contributed by atoms with Gasteiger partial charge in [-0.15, -0.1) is 0 Å². The molecule has 0 unspecified atom stereocenters. The summed E-state index contributed by atoms with van der Waals surface area (Å²) in [6.07, 6.45) is 0. The predicted octanol–water partition coefficient (Wildman–Crippen LogP) is 0.436. The normalized spacial score (nSPS) is 11.2. The monoisotopic (exact) mass is 295 g/mol. The molecule has 0 aliphatic heterocycles. The molecule has 9 heteroatoms. The minimum atomic E-state index is -4.37. The Labute approximate surface area is 106 Å². The summed E-state index contributed by atoms with van der Waals surface area (Å²) in [5.74, 6) is -5.48. The second kappa shape index (κ2) is 4.91. The van der Waals surface area contributed by atoms with Gasteiger partial charge >= 0.3 is 5.97 Å². The highest BCUT2D eigenvalue weighted by atomic mass is 35.5. The molecule has 0 heterocycles. The maximum atomic E-state index is 13.7. The van der Waals surface area contributed by atoms with Crippen LogP contribution in [0.25, 0.3) is 0 Å². The van der Waals surface area contributed by atoms with Gasteiger partial charge < -0.3 is 10.8 Å². The molecular formula is C9H7ClFNO5S. The number of hydrogen-bond donors (Lipinski definition) is 2. The van der Waals surface area contributed by atoms with Crippen molar-refractivity contribution in [3.63, 3.8) is 0 Å². The van der Waals surface area contributed by atoms with Crippen LogP contribution in [0.4, 0.5) is 4.39 Å². The highest BCUT2D eigenvalue weighted by molar-refractivity contribution is 7.92. The van der Waals surface area contributed by atoms with Gasteiger partial charge in [0.05, 0.1) is 5.56 Å². The Morgan fingerprint density at radius 3 is 2.39 bits per heavy atom. The van der Waals surface area contributed by atoms with E-state index in [1.165, 1.54) is 0 Å². The molecule has 98 valence electrons. The van der Waals surface area contributed by atoms with Crippen LogP contribution in [0.2, 0.25) is 5.02 Å². The summed E-state index contributed by atoms with van der Waals surface area (Å²) in [7, 11) is -4.37.